The number of esters is 1. The van der Waals surface area contributed by atoms with Crippen molar-refractivity contribution in [1.29, 1.82) is 0 Å². The molecule has 2 rings (SSSR count). The largest absolute Gasteiger partial charge is 0.493 e. The van der Waals surface area contributed by atoms with Gasteiger partial charge in [0.05, 0.1) is 23.8 Å². The van der Waals surface area contributed by atoms with Gasteiger partial charge in [-0.2, -0.15) is 0 Å². The van der Waals surface area contributed by atoms with Gasteiger partial charge >= 0.3 is 5.97 Å². The quantitative estimate of drug-likeness (QED) is 0.584. The number of carbonyl (C=O) groups is 2. The maximum Gasteiger partial charge on any atom is 0.338 e. The minimum absolute atomic E-state index is 0.263. The Labute approximate surface area is 173 Å². The molecule has 6 nitrogen and oxygen atoms in total. The SMILES string of the molecule is CCCOc1c(Br)cc(C(=O)OCC(=O)NCc2ccccc2C)cc1OC. The lowest BCUT2D eigenvalue weighted by molar-refractivity contribution is -0.124. The van der Waals surface area contributed by atoms with E-state index in [-0.39, 0.29) is 18.1 Å². The number of rotatable bonds is 9. The summed E-state index contributed by atoms with van der Waals surface area (Å²) in [6.45, 7) is 4.52. The van der Waals surface area contributed by atoms with Gasteiger partial charge in [-0.3, -0.25) is 4.79 Å². The normalized spacial score (nSPS) is 10.3. The molecule has 0 heterocycles. The molecule has 7 heteroatoms. The van der Waals surface area contributed by atoms with Crippen molar-refractivity contribution in [3.8, 4) is 11.5 Å². The van der Waals surface area contributed by atoms with Crippen LogP contribution < -0.4 is 14.8 Å². The third kappa shape index (κ3) is 5.99. The number of halogens is 1. The summed E-state index contributed by atoms with van der Waals surface area (Å²) >= 11 is 3.38. The Kier molecular flexibility index (Phi) is 8.32. The van der Waals surface area contributed by atoms with Gasteiger partial charge in [0.25, 0.3) is 5.91 Å². The molecule has 0 atom stereocenters. The van der Waals surface area contributed by atoms with Gasteiger partial charge in [0, 0.05) is 6.54 Å². The second-order valence-electron chi connectivity index (χ2n) is 6.12. The van der Waals surface area contributed by atoms with Crippen LogP contribution >= 0.6 is 15.9 Å². The number of methoxy groups -OCH3 is 1. The molecule has 1 amide bonds. The van der Waals surface area contributed by atoms with Crippen LogP contribution in [0, 0.1) is 6.92 Å². The van der Waals surface area contributed by atoms with Gasteiger partial charge in [-0.25, -0.2) is 4.79 Å². The molecule has 0 aromatic heterocycles. The van der Waals surface area contributed by atoms with E-state index in [1.807, 2.05) is 38.1 Å². The Morgan fingerprint density at radius 3 is 2.61 bits per heavy atom. The molecule has 0 aliphatic rings. The van der Waals surface area contributed by atoms with Crippen molar-refractivity contribution in [2.75, 3.05) is 20.3 Å². The van der Waals surface area contributed by atoms with Crippen molar-refractivity contribution in [3.05, 3.63) is 57.6 Å². The molecule has 2 aromatic rings. The minimum atomic E-state index is -0.618. The predicted octanol–water partition coefficient (Wildman–Crippen LogP) is 4.03. The standard InChI is InChI=1S/C21H24BrNO5/c1-4-9-27-20-17(22)10-16(11-18(20)26-3)21(25)28-13-19(24)23-12-15-8-6-5-7-14(15)2/h5-8,10-11H,4,9,12-13H2,1-3H3,(H,23,24). The Hall–Kier alpha value is -2.54. The van der Waals surface area contributed by atoms with E-state index in [0.29, 0.717) is 29.1 Å². The van der Waals surface area contributed by atoms with Crippen LogP contribution in [0.25, 0.3) is 0 Å². The van der Waals surface area contributed by atoms with E-state index >= 15 is 0 Å². The monoisotopic (exact) mass is 449 g/mol. The average molecular weight is 450 g/mol. The molecule has 1 N–H and O–H groups in total. The number of amides is 1. The summed E-state index contributed by atoms with van der Waals surface area (Å²) in [6.07, 6.45) is 0.844. The highest BCUT2D eigenvalue weighted by Gasteiger charge is 2.17. The lowest BCUT2D eigenvalue weighted by Crippen LogP contribution is -2.28. The minimum Gasteiger partial charge on any atom is -0.493 e. The molecule has 0 saturated heterocycles. The number of nitrogens with one attached hydrogen (secondary N) is 1. The Bertz CT molecular complexity index is 838. The first-order valence-electron chi connectivity index (χ1n) is 8.95. The molecular formula is C21H24BrNO5. The molecule has 0 saturated carbocycles. The highest BCUT2D eigenvalue weighted by atomic mass is 79.9. The fourth-order valence-corrected chi connectivity index (χ4v) is 3.01. The topological polar surface area (TPSA) is 73.9 Å². The van der Waals surface area contributed by atoms with Crippen molar-refractivity contribution in [3.63, 3.8) is 0 Å². The van der Waals surface area contributed by atoms with Gasteiger partial charge in [0.2, 0.25) is 0 Å². The molecule has 28 heavy (non-hydrogen) atoms. The number of aryl methyl sites for hydroxylation is 1. The molecule has 2 aromatic carbocycles. The summed E-state index contributed by atoms with van der Waals surface area (Å²) in [5.74, 6) is -0.0479. The van der Waals surface area contributed by atoms with E-state index in [9.17, 15) is 9.59 Å². The number of benzene rings is 2. The van der Waals surface area contributed by atoms with Crippen LogP contribution in [0.4, 0.5) is 0 Å². The number of hydrogen-bond acceptors (Lipinski definition) is 5. The van der Waals surface area contributed by atoms with Crippen LogP contribution in [0.3, 0.4) is 0 Å². The lowest BCUT2D eigenvalue weighted by Gasteiger charge is -2.14. The summed E-state index contributed by atoms with van der Waals surface area (Å²) in [4.78, 5) is 24.3. The van der Waals surface area contributed by atoms with Crippen LogP contribution in [0.1, 0.15) is 34.8 Å². The summed E-state index contributed by atoms with van der Waals surface area (Å²) in [5.41, 5.74) is 2.36. The first-order valence-corrected chi connectivity index (χ1v) is 9.74. The molecule has 0 spiro atoms. The van der Waals surface area contributed by atoms with Gasteiger partial charge in [-0.05, 0) is 52.5 Å². The van der Waals surface area contributed by atoms with Gasteiger partial charge in [-0.1, -0.05) is 31.2 Å². The van der Waals surface area contributed by atoms with E-state index in [2.05, 4.69) is 21.2 Å². The Morgan fingerprint density at radius 1 is 1.18 bits per heavy atom. The molecule has 0 fully saturated rings. The number of ether oxygens (including phenoxy) is 3. The molecule has 0 aliphatic heterocycles. The van der Waals surface area contributed by atoms with Gasteiger partial charge in [0.15, 0.2) is 18.1 Å². The number of carbonyl (C=O) groups excluding carboxylic acids is 2. The van der Waals surface area contributed by atoms with E-state index < -0.39 is 5.97 Å². The van der Waals surface area contributed by atoms with Crippen LogP contribution in [-0.2, 0) is 16.1 Å². The average Bonchev–Trinajstić information content (AvgIpc) is 2.69. The Morgan fingerprint density at radius 2 is 1.93 bits per heavy atom. The second-order valence-corrected chi connectivity index (χ2v) is 6.97. The molecule has 0 unspecified atom stereocenters. The highest BCUT2D eigenvalue weighted by molar-refractivity contribution is 9.10. The zero-order chi connectivity index (χ0) is 20.5. The van der Waals surface area contributed by atoms with Crippen LogP contribution in [0.5, 0.6) is 11.5 Å². The number of hydrogen-bond donors (Lipinski definition) is 1. The van der Waals surface area contributed by atoms with Crippen molar-refractivity contribution in [2.24, 2.45) is 0 Å². The van der Waals surface area contributed by atoms with Crippen LogP contribution in [0.15, 0.2) is 40.9 Å². The second kappa shape index (κ2) is 10.7. The third-order valence-corrected chi connectivity index (χ3v) is 4.58. The molecular weight excluding hydrogens is 426 g/mol. The smallest absolute Gasteiger partial charge is 0.338 e. The van der Waals surface area contributed by atoms with Crippen molar-refractivity contribution >= 4 is 27.8 Å². The fraction of sp³-hybridized carbons (Fsp3) is 0.333. The maximum atomic E-state index is 12.3. The van der Waals surface area contributed by atoms with Crippen molar-refractivity contribution < 1.29 is 23.8 Å². The lowest BCUT2D eigenvalue weighted by atomic mass is 10.1. The molecule has 0 bridgehead atoms. The van der Waals surface area contributed by atoms with E-state index in [4.69, 9.17) is 14.2 Å². The van der Waals surface area contributed by atoms with Crippen LogP contribution in [-0.4, -0.2) is 32.2 Å². The van der Waals surface area contributed by atoms with E-state index in [0.717, 1.165) is 17.5 Å². The fourth-order valence-electron chi connectivity index (χ4n) is 2.45. The highest BCUT2D eigenvalue weighted by Crippen LogP contribution is 2.37. The maximum absolute atomic E-state index is 12.3. The summed E-state index contributed by atoms with van der Waals surface area (Å²) in [5, 5.41) is 2.74. The first kappa shape index (κ1) is 21.8. The third-order valence-electron chi connectivity index (χ3n) is 3.99. The molecule has 0 radical (unpaired) electrons. The van der Waals surface area contributed by atoms with Crippen molar-refractivity contribution in [1.82, 2.24) is 5.32 Å². The summed E-state index contributed by atoms with van der Waals surface area (Å²) in [6, 6.07) is 10.9. The van der Waals surface area contributed by atoms with Gasteiger partial charge < -0.3 is 19.5 Å². The summed E-state index contributed by atoms with van der Waals surface area (Å²) in [7, 11) is 1.49. The van der Waals surface area contributed by atoms with Gasteiger partial charge in [0.1, 0.15) is 0 Å². The van der Waals surface area contributed by atoms with Crippen molar-refractivity contribution in [2.45, 2.75) is 26.8 Å². The molecule has 0 aliphatic carbocycles. The summed E-state index contributed by atoms with van der Waals surface area (Å²) < 4.78 is 16.6. The van der Waals surface area contributed by atoms with Gasteiger partial charge in [-0.15, -0.1) is 0 Å². The predicted molar refractivity (Wildman–Crippen MR) is 110 cm³/mol. The Balaban J connectivity index is 1.94. The first-order chi connectivity index (χ1) is 13.5. The molecule has 150 valence electrons. The zero-order valence-electron chi connectivity index (χ0n) is 16.2. The van der Waals surface area contributed by atoms with Crippen LogP contribution in [0.2, 0.25) is 0 Å². The zero-order valence-corrected chi connectivity index (χ0v) is 17.8. The van der Waals surface area contributed by atoms with E-state index in [1.165, 1.54) is 13.2 Å². The van der Waals surface area contributed by atoms with E-state index in [1.54, 1.807) is 6.07 Å².